The summed E-state index contributed by atoms with van der Waals surface area (Å²) in [6.45, 7) is 11.9. The molecule has 2 nitrogen and oxygen atoms in total. The normalized spacial score (nSPS) is 11.0. The van der Waals surface area contributed by atoms with Crippen molar-refractivity contribution in [1.82, 2.24) is 5.32 Å². The Morgan fingerprint density at radius 1 is 1.28 bits per heavy atom. The average Bonchev–Trinajstić information content (AvgIpc) is 2.32. The van der Waals surface area contributed by atoms with Crippen LogP contribution in [0.25, 0.3) is 0 Å². The maximum absolute atomic E-state index is 3.58. The first-order valence-electron chi connectivity index (χ1n) is 6.85. The molecular weight excluding hydrogens is 288 g/mol. The molecule has 0 heterocycles. The summed E-state index contributed by atoms with van der Waals surface area (Å²) < 4.78 is 1.15. The maximum atomic E-state index is 3.58. The summed E-state index contributed by atoms with van der Waals surface area (Å²) in [5.74, 6) is 0. The quantitative estimate of drug-likeness (QED) is 0.760. The van der Waals surface area contributed by atoms with Crippen LogP contribution < -0.4 is 10.2 Å². The number of halogens is 1. The summed E-state index contributed by atoms with van der Waals surface area (Å²) in [5, 5.41) is 3.49. The zero-order valence-electron chi connectivity index (χ0n) is 12.0. The smallest absolute Gasteiger partial charge is 0.0425 e. The molecular formula is C15H25BrN2. The van der Waals surface area contributed by atoms with Crippen LogP contribution in [0, 0.1) is 0 Å². The van der Waals surface area contributed by atoms with Gasteiger partial charge in [0, 0.05) is 29.3 Å². The van der Waals surface area contributed by atoms with E-state index in [1.165, 1.54) is 17.7 Å². The highest BCUT2D eigenvalue weighted by molar-refractivity contribution is 9.10. The molecule has 102 valence electrons. The Morgan fingerprint density at radius 2 is 2.00 bits per heavy atom. The van der Waals surface area contributed by atoms with Crippen LogP contribution in [0.2, 0.25) is 0 Å². The van der Waals surface area contributed by atoms with E-state index in [0.717, 1.165) is 24.1 Å². The SMILES string of the molecule is CCCNCc1ccc(Br)cc1N(CC)C(C)C. The van der Waals surface area contributed by atoms with E-state index in [-0.39, 0.29) is 0 Å². The fourth-order valence-electron chi connectivity index (χ4n) is 2.17. The predicted octanol–water partition coefficient (Wildman–Crippen LogP) is 4.18. The van der Waals surface area contributed by atoms with Crippen molar-refractivity contribution in [2.75, 3.05) is 18.0 Å². The molecule has 1 aromatic rings. The highest BCUT2D eigenvalue weighted by Gasteiger charge is 2.13. The van der Waals surface area contributed by atoms with Crippen LogP contribution in [0.5, 0.6) is 0 Å². The second-order valence-corrected chi connectivity index (χ2v) is 5.75. The van der Waals surface area contributed by atoms with E-state index in [9.17, 15) is 0 Å². The Morgan fingerprint density at radius 3 is 2.56 bits per heavy atom. The lowest BCUT2D eigenvalue weighted by Crippen LogP contribution is -2.31. The van der Waals surface area contributed by atoms with Gasteiger partial charge in [-0.15, -0.1) is 0 Å². The van der Waals surface area contributed by atoms with Crippen molar-refractivity contribution in [2.24, 2.45) is 0 Å². The monoisotopic (exact) mass is 312 g/mol. The predicted molar refractivity (Wildman–Crippen MR) is 84.3 cm³/mol. The highest BCUT2D eigenvalue weighted by Crippen LogP contribution is 2.26. The third kappa shape index (κ3) is 4.29. The van der Waals surface area contributed by atoms with E-state index in [1.54, 1.807) is 0 Å². The summed E-state index contributed by atoms with van der Waals surface area (Å²) in [7, 11) is 0. The Hall–Kier alpha value is -0.540. The molecule has 0 aliphatic carbocycles. The van der Waals surface area contributed by atoms with Crippen molar-refractivity contribution in [1.29, 1.82) is 0 Å². The van der Waals surface area contributed by atoms with Crippen LogP contribution in [0.1, 0.15) is 39.7 Å². The number of anilines is 1. The first kappa shape index (κ1) is 15.5. The molecule has 0 bridgehead atoms. The van der Waals surface area contributed by atoms with Gasteiger partial charge >= 0.3 is 0 Å². The van der Waals surface area contributed by atoms with Crippen molar-refractivity contribution in [2.45, 2.75) is 46.7 Å². The van der Waals surface area contributed by atoms with Crippen LogP contribution in [0.3, 0.4) is 0 Å². The van der Waals surface area contributed by atoms with Gasteiger partial charge in [-0.1, -0.05) is 28.9 Å². The molecule has 0 unspecified atom stereocenters. The molecule has 0 spiro atoms. The minimum Gasteiger partial charge on any atom is -0.369 e. The van der Waals surface area contributed by atoms with Crippen molar-refractivity contribution < 1.29 is 0 Å². The minimum atomic E-state index is 0.522. The molecule has 0 fully saturated rings. The summed E-state index contributed by atoms with van der Waals surface area (Å²) >= 11 is 3.58. The van der Waals surface area contributed by atoms with Crippen LogP contribution in [0.4, 0.5) is 5.69 Å². The molecule has 3 heteroatoms. The van der Waals surface area contributed by atoms with Gasteiger partial charge in [-0.3, -0.25) is 0 Å². The summed E-state index contributed by atoms with van der Waals surface area (Å²) in [4.78, 5) is 2.44. The molecule has 1 N–H and O–H groups in total. The van der Waals surface area contributed by atoms with E-state index in [0.29, 0.717) is 6.04 Å². The van der Waals surface area contributed by atoms with E-state index >= 15 is 0 Å². The van der Waals surface area contributed by atoms with Gasteiger partial charge in [0.25, 0.3) is 0 Å². The number of hydrogen-bond donors (Lipinski definition) is 1. The third-order valence-corrected chi connectivity index (χ3v) is 3.56. The van der Waals surface area contributed by atoms with E-state index in [4.69, 9.17) is 0 Å². The van der Waals surface area contributed by atoms with Crippen molar-refractivity contribution in [3.63, 3.8) is 0 Å². The van der Waals surface area contributed by atoms with Gasteiger partial charge in [-0.25, -0.2) is 0 Å². The number of benzene rings is 1. The molecule has 0 aromatic heterocycles. The van der Waals surface area contributed by atoms with Crippen molar-refractivity contribution >= 4 is 21.6 Å². The molecule has 0 amide bonds. The van der Waals surface area contributed by atoms with E-state index < -0.39 is 0 Å². The first-order valence-corrected chi connectivity index (χ1v) is 7.65. The average molecular weight is 313 g/mol. The first-order chi connectivity index (χ1) is 8.60. The van der Waals surface area contributed by atoms with Gasteiger partial charge < -0.3 is 10.2 Å². The van der Waals surface area contributed by atoms with Gasteiger partial charge in [-0.05, 0) is 51.4 Å². The molecule has 0 radical (unpaired) electrons. The second kappa shape index (κ2) is 7.80. The lowest BCUT2D eigenvalue weighted by atomic mass is 10.1. The summed E-state index contributed by atoms with van der Waals surface area (Å²) in [5.41, 5.74) is 2.72. The fourth-order valence-corrected chi connectivity index (χ4v) is 2.52. The maximum Gasteiger partial charge on any atom is 0.0425 e. The molecule has 0 saturated carbocycles. The Kier molecular flexibility index (Phi) is 6.72. The highest BCUT2D eigenvalue weighted by atomic mass is 79.9. The van der Waals surface area contributed by atoms with Crippen molar-refractivity contribution in [3.05, 3.63) is 28.2 Å². The topological polar surface area (TPSA) is 15.3 Å². The van der Waals surface area contributed by atoms with Gasteiger partial charge in [0.05, 0.1) is 0 Å². The van der Waals surface area contributed by atoms with E-state index in [1.807, 2.05) is 0 Å². The lowest BCUT2D eigenvalue weighted by Gasteiger charge is -2.30. The molecule has 0 aliphatic rings. The minimum absolute atomic E-state index is 0.522. The number of nitrogens with one attached hydrogen (secondary N) is 1. The molecule has 18 heavy (non-hydrogen) atoms. The van der Waals surface area contributed by atoms with Crippen molar-refractivity contribution in [3.8, 4) is 0 Å². The Bertz CT molecular complexity index is 364. The van der Waals surface area contributed by atoms with Gasteiger partial charge in [-0.2, -0.15) is 0 Å². The largest absolute Gasteiger partial charge is 0.369 e. The molecule has 0 saturated heterocycles. The summed E-state index contributed by atoms with van der Waals surface area (Å²) in [6.07, 6.45) is 1.17. The zero-order chi connectivity index (χ0) is 13.5. The third-order valence-electron chi connectivity index (χ3n) is 3.06. The lowest BCUT2D eigenvalue weighted by molar-refractivity contribution is 0.661. The van der Waals surface area contributed by atoms with Crippen LogP contribution in [0.15, 0.2) is 22.7 Å². The Labute approximate surface area is 120 Å². The molecule has 0 aliphatic heterocycles. The number of rotatable bonds is 7. The number of nitrogens with zero attached hydrogens (tertiary/aromatic N) is 1. The van der Waals surface area contributed by atoms with Crippen LogP contribution in [-0.4, -0.2) is 19.1 Å². The van der Waals surface area contributed by atoms with Gasteiger partial charge in [0.2, 0.25) is 0 Å². The van der Waals surface area contributed by atoms with Gasteiger partial charge in [0.15, 0.2) is 0 Å². The van der Waals surface area contributed by atoms with Crippen LogP contribution in [-0.2, 0) is 6.54 Å². The van der Waals surface area contributed by atoms with Gasteiger partial charge in [0.1, 0.15) is 0 Å². The standard InChI is InChI=1S/C15H25BrN2/c1-5-9-17-11-13-7-8-14(16)10-15(13)18(6-2)12(3)4/h7-8,10,12,17H,5-6,9,11H2,1-4H3. The second-order valence-electron chi connectivity index (χ2n) is 4.83. The Balaban J connectivity index is 2.94. The van der Waals surface area contributed by atoms with Crippen LogP contribution >= 0.6 is 15.9 Å². The fraction of sp³-hybridized carbons (Fsp3) is 0.600. The van der Waals surface area contributed by atoms with E-state index in [2.05, 4.69) is 72.0 Å². The zero-order valence-corrected chi connectivity index (χ0v) is 13.5. The molecule has 0 atom stereocenters. The summed E-state index contributed by atoms with van der Waals surface area (Å²) in [6, 6.07) is 7.09. The molecule has 1 rings (SSSR count). The number of hydrogen-bond acceptors (Lipinski definition) is 2. The molecule has 1 aromatic carbocycles.